The largest absolute Gasteiger partial charge is 0.494 e. The highest BCUT2D eigenvalue weighted by Crippen LogP contribution is 2.50. The highest BCUT2D eigenvalue weighted by Gasteiger charge is 2.44. The second-order valence-electron chi connectivity index (χ2n) is 12.6. The minimum absolute atomic E-state index is 0.0355. The van der Waals surface area contributed by atoms with E-state index < -0.39 is 0 Å². The van der Waals surface area contributed by atoms with Gasteiger partial charge in [-0.15, -0.1) is 0 Å². The Morgan fingerprint density at radius 2 is 1.90 bits per heavy atom. The van der Waals surface area contributed by atoms with Gasteiger partial charge in [-0.05, 0) is 59.8 Å². The van der Waals surface area contributed by atoms with Crippen LogP contribution >= 0.6 is 0 Å². The van der Waals surface area contributed by atoms with E-state index in [9.17, 15) is 14.9 Å². The lowest BCUT2D eigenvalue weighted by molar-refractivity contribution is -0.142. The number of pyridine rings is 1. The Bertz CT molecular complexity index is 1480. The highest BCUT2D eigenvalue weighted by atomic mass is 16.5. The van der Waals surface area contributed by atoms with E-state index in [1.54, 1.807) is 37.6 Å². The second kappa shape index (κ2) is 10.6. The van der Waals surface area contributed by atoms with Crippen molar-refractivity contribution in [1.82, 2.24) is 14.5 Å². The van der Waals surface area contributed by atoms with Crippen LogP contribution in [0.25, 0.3) is 11.0 Å². The molecule has 8 heteroatoms. The van der Waals surface area contributed by atoms with E-state index in [2.05, 4.69) is 50.2 Å². The van der Waals surface area contributed by atoms with Gasteiger partial charge in [0.15, 0.2) is 5.75 Å². The maximum Gasteiger partial charge on any atom is 0.255 e. The van der Waals surface area contributed by atoms with E-state index in [0.29, 0.717) is 34.4 Å². The maximum atomic E-state index is 13.5. The molecule has 3 heterocycles. The molecular weight excluding hydrogens is 502 g/mol. The van der Waals surface area contributed by atoms with E-state index in [0.717, 1.165) is 37.0 Å². The van der Waals surface area contributed by atoms with Crippen molar-refractivity contribution in [2.45, 2.75) is 52.9 Å². The van der Waals surface area contributed by atoms with Crippen LogP contribution in [0.3, 0.4) is 0 Å². The summed E-state index contributed by atoms with van der Waals surface area (Å²) in [6.45, 7) is 9.98. The van der Waals surface area contributed by atoms with E-state index in [1.807, 2.05) is 11.6 Å². The number of anilines is 1. The van der Waals surface area contributed by atoms with E-state index >= 15 is 0 Å². The number of benzene rings is 1. The van der Waals surface area contributed by atoms with Crippen LogP contribution in [0.1, 0.15) is 74.4 Å². The lowest BCUT2D eigenvalue weighted by atomic mass is 9.66. The second-order valence-corrected chi connectivity index (χ2v) is 12.6. The van der Waals surface area contributed by atoms with Gasteiger partial charge in [-0.2, -0.15) is 5.26 Å². The molecule has 5 rings (SSSR count). The van der Waals surface area contributed by atoms with Crippen molar-refractivity contribution in [3.8, 4) is 11.8 Å². The fourth-order valence-electron chi connectivity index (χ4n) is 6.59. The van der Waals surface area contributed by atoms with Crippen molar-refractivity contribution < 1.29 is 14.3 Å². The number of amides is 2. The number of piperidine rings is 1. The molecule has 40 heavy (non-hydrogen) atoms. The molecule has 2 aliphatic rings. The smallest absolute Gasteiger partial charge is 0.255 e. The van der Waals surface area contributed by atoms with Crippen molar-refractivity contribution in [2.75, 3.05) is 25.5 Å². The predicted molar refractivity (Wildman–Crippen MR) is 155 cm³/mol. The SMILES string of the molecule is COc1c(NC(=O)c2cccc(C#N)c2)cnc2c1c(C1[C@@H]3CCC[C@H]1CN(C(=O)[C@H](C)C(C)(C)C)C3)cn2C. The first-order valence-electron chi connectivity index (χ1n) is 14.2. The number of carbonyl (C=O) groups is 2. The first kappa shape index (κ1) is 27.7. The van der Waals surface area contributed by atoms with Gasteiger partial charge in [-0.25, -0.2) is 4.98 Å². The van der Waals surface area contributed by atoms with Gasteiger partial charge < -0.3 is 19.5 Å². The number of rotatable bonds is 5. The average Bonchev–Trinajstić information content (AvgIpc) is 3.26. The van der Waals surface area contributed by atoms with Crippen molar-refractivity contribution in [3.05, 3.63) is 53.3 Å². The zero-order chi connectivity index (χ0) is 28.8. The van der Waals surface area contributed by atoms with Gasteiger partial charge in [0.25, 0.3) is 5.91 Å². The molecule has 1 saturated carbocycles. The van der Waals surface area contributed by atoms with E-state index in [1.165, 1.54) is 12.0 Å². The van der Waals surface area contributed by atoms with Gasteiger partial charge in [0.05, 0.1) is 30.3 Å². The van der Waals surface area contributed by atoms with Crippen LogP contribution in [0, 0.1) is 34.5 Å². The third kappa shape index (κ3) is 4.94. The fraction of sp³-hybridized carbons (Fsp3) is 0.500. The molecule has 1 unspecified atom stereocenters. The summed E-state index contributed by atoms with van der Waals surface area (Å²) in [6, 6.07) is 8.69. The number of nitrogens with zero attached hydrogens (tertiary/aromatic N) is 4. The molecule has 4 atom stereocenters. The first-order chi connectivity index (χ1) is 19.0. The number of carbonyl (C=O) groups excluding carboxylic acids is 2. The van der Waals surface area contributed by atoms with Gasteiger partial charge in [0.1, 0.15) is 11.3 Å². The highest BCUT2D eigenvalue weighted by molar-refractivity contribution is 6.07. The predicted octanol–water partition coefficient (Wildman–Crippen LogP) is 5.73. The zero-order valence-corrected chi connectivity index (χ0v) is 24.3. The van der Waals surface area contributed by atoms with Gasteiger partial charge in [0.2, 0.25) is 5.91 Å². The minimum atomic E-state index is -0.328. The molecule has 2 amide bonds. The quantitative estimate of drug-likeness (QED) is 0.445. The molecular formula is C32H39N5O3. The average molecular weight is 542 g/mol. The Hall–Kier alpha value is -3.86. The molecule has 2 fully saturated rings. The fourth-order valence-corrected chi connectivity index (χ4v) is 6.59. The Labute approximate surface area is 236 Å². The number of nitriles is 1. The summed E-state index contributed by atoms with van der Waals surface area (Å²) >= 11 is 0. The summed E-state index contributed by atoms with van der Waals surface area (Å²) in [7, 11) is 3.61. The molecule has 0 spiro atoms. The Morgan fingerprint density at radius 3 is 2.52 bits per heavy atom. The molecule has 8 nitrogen and oxygen atoms in total. The van der Waals surface area contributed by atoms with Gasteiger partial charge in [-0.1, -0.05) is 40.2 Å². The maximum absolute atomic E-state index is 13.5. The topological polar surface area (TPSA) is 100 Å². The van der Waals surface area contributed by atoms with Crippen LogP contribution in [0.4, 0.5) is 5.69 Å². The molecule has 2 aromatic heterocycles. The third-order valence-electron chi connectivity index (χ3n) is 9.09. The summed E-state index contributed by atoms with van der Waals surface area (Å²) in [5.74, 6) is 1.46. The van der Waals surface area contributed by atoms with Gasteiger partial charge in [-0.3, -0.25) is 9.59 Å². The molecule has 1 N–H and O–H groups in total. The molecule has 1 saturated heterocycles. The van der Waals surface area contributed by atoms with Crippen LogP contribution in [0.5, 0.6) is 5.75 Å². The summed E-state index contributed by atoms with van der Waals surface area (Å²) in [4.78, 5) is 33.4. The summed E-state index contributed by atoms with van der Waals surface area (Å²) in [5.41, 5.74) is 3.21. The van der Waals surface area contributed by atoms with Crippen molar-refractivity contribution in [2.24, 2.45) is 30.2 Å². The zero-order valence-electron chi connectivity index (χ0n) is 24.3. The van der Waals surface area contributed by atoms with Crippen LogP contribution in [0.2, 0.25) is 0 Å². The number of likely N-dealkylation sites (tertiary alicyclic amines) is 1. The number of aryl methyl sites for hydroxylation is 1. The standard InChI is InChI=1S/C32H39N5O3/c1-19(32(2,3)4)31(39)37-16-22-11-8-12-23(17-37)26(22)24-18-36(5)29-27(24)28(40-6)25(15-34-29)35-30(38)21-10-7-9-20(13-21)14-33/h7,9-10,13,15,18-19,22-23,26H,8,11-12,16-17H2,1-6H3,(H,35,38)/t19-,22-,23+,26?/m0/s1. The third-order valence-corrected chi connectivity index (χ3v) is 9.09. The molecule has 2 bridgehead atoms. The molecule has 210 valence electrons. The molecule has 0 radical (unpaired) electrons. The number of hydrogen-bond acceptors (Lipinski definition) is 5. The van der Waals surface area contributed by atoms with Crippen LogP contribution in [0.15, 0.2) is 36.7 Å². The van der Waals surface area contributed by atoms with Crippen molar-refractivity contribution in [3.63, 3.8) is 0 Å². The molecule has 1 aromatic carbocycles. The van der Waals surface area contributed by atoms with Crippen molar-refractivity contribution in [1.29, 1.82) is 5.26 Å². The molecule has 1 aliphatic heterocycles. The summed E-state index contributed by atoms with van der Waals surface area (Å²) in [6.07, 6.45) is 7.12. The summed E-state index contributed by atoms with van der Waals surface area (Å²) in [5, 5.41) is 13.1. The van der Waals surface area contributed by atoms with Crippen LogP contribution < -0.4 is 10.1 Å². The number of hydrogen-bond donors (Lipinski definition) is 1. The van der Waals surface area contributed by atoms with E-state index in [4.69, 9.17) is 9.72 Å². The normalized spacial score (nSPS) is 21.5. The van der Waals surface area contributed by atoms with E-state index in [-0.39, 0.29) is 29.1 Å². The Morgan fingerprint density at radius 1 is 1.20 bits per heavy atom. The monoisotopic (exact) mass is 541 g/mol. The van der Waals surface area contributed by atoms with Crippen LogP contribution in [-0.2, 0) is 11.8 Å². The number of ether oxygens (including phenoxy) is 1. The number of methoxy groups -OCH3 is 1. The number of aromatic nitrogens is 2. The summed E-state index contributed by atoms with van der Waals surface area (Å²) < 4.78 is 7.98. The van der Waals surface area contributed by atoms with Gasteiger partial charge >= 0.3 is 0 Å². The number of fused-ring (bicyclic) bond motifs is 3. The lowest BCUT2D eigenvalue weighted by Gasteiger charge is -2.48. The Balaban J connectivity index is 1.50. The van der Waals surface area contributed by atoms with Crippen LogP contribution in [-0.4, -0.2) is 46.5 Å². The lowest BCUT2D eigenvalue weighted by Crippen LogP contribution is -2.52. The van der Waals surface area contributed by atoms with Gasteiger partial charge in [0, 0.05) is 37.8 Å². The first-order valence-corrected chi connectivity index (χ1v) is 14.2. The Kier molecular flexibility index (Phi) is 7.34. The number of nitrogens with one attached hydrogen (secondary N) is 1. The molecule has 3 aromatic rings. The van der Waals surface area contributed by atoms with Crippen molar-refractivity contribution >= 4 is 28.5 Å². The molecule has 1 aliphatic carbocycles. The minimum Gasteiger partial charge on any atom is -0.494 e.